The van der Waals surface area contributed by atoms with Gasteiger partial charge in [0, 0.05) is 43.0 Å². The maximum Gasteiger partial charge on any atom is 0.254 e. The second-order valence-corrected chi connectivity index (χ2v) is 8.46. The smallest absolute Gasteiger partial charge is 0.254 e. The Labute approximate surface area is 178 Å². The van der Waals surface area contributed by atoms with Crippen LogP contribution in [0.1, 0.15) is 64.7 Å². The van der Waals surface area contributed by atoms with Gasteiger partial charge in [-0.1, -0.05) is 25.8 Å². The molecule has 0 aromatic rings. The minimum Gasteiger partial charge on any atom is -0.404 e. The zero-order chi connectivity index (χ0) is 21.7. The summed E-state index contributed by atoms with van der Waals surface area (Å²) in [6, 6.07) is 0.562. The first-order valence-corrected chi connectivity index (χ1v) is 10.9. The van der Waals surface area contributed by atoms with E-state index in [0.29, 0.717) is 22.9 Å². The lowest BCUT2D eigenvalue weighted by Gasteiger charge is -2.37. The maximum atomic E-state index is 12.8. The Bertz CT molecular complexity index is 770. The number of aliphatic imine (C=N–C) groups is 1. The fraction of sp³-hybridized carbons (Fsp3) is 0.591. The van der Waals surface area contributed by atoms with E-state index in [9.17, 15) is 9.59 Å². The van der Waals surface area contributed by atoms with Gasteiger partial charge in [0.2, 0.25) is 5.91 Å². The second-order valence-electron chi connectivity index (χ2n) is 8.46. The van der Waals surface area contributed by atoms with E-state index in [1.54, 1.807) is 11.8 Å². The van der Waals surface area contributed by atoms with Gasteiger partial charge in [-0.25, -0.2) is 4.99 Å². The average molecular weight is 415 g/mol. The van der Waals surface area contributed by atoms with Crippen LogP contribution in [0.3, 0.4) is 0 Å². The molecule has 0 unspecified atom stereocenters. The van der Waals surface area contributed by atoms with Crippen LogP contribution in [0.2, 0.25) is 0 Å². The van der Waals surface area contributed by atoms with Crippen LogP contribution in [-0.4, -0.2) is 40.7 Å². The van der Waals surface area contributed by atoms with E-state index >= 15 is 0 Å². The standard InChI is InChI=1S/C22H34N6O2/c1-14(25-16-8-10-17(11-9-16)27-15(2)29)26-22-19(13-23)20(24)12-21(30)28(22)18-6-4-3-5-7-18/h12-13,16-18,25H,1,3-11,23-24H2,2H3,(H,27,29)/b19-13-,26-22+. The SMILES string of the molecule is C=C(/N=C1\C(=C/N)C(N)=CC(=O)N1C1CCCCC1)NC1CCC(NC(C)=O)CC1. The van der Waals surface area contributed by atoms with Crippen molar-refractivity contribution in [3.63, 3.8) is 0 Å². The molecule has 8 nitrogen and oxygen atoms in total. The molecule has 0 bridgehead atoms. The first-order valence-electron chi connectivity index (χ1n) is 10.9. The van der Waals surface area contributed by atoms with E-state index in [2.05, 4.69) is 22.2 Å². The zero-order valence-electron chi connectivity index (χ0n) is 17.8. The summed E-state index contributed by atoms with van der Waals surface area (Å²) < 4.78 is 0. The number of hydrogen-bond acceptors (Lipinski definition) is 6. The molecule has 0 radical (unpaired) electrons. The summed E-state index contributed by atoms with van der Waals surface area (Å²) in [5, 5.41) is 6.36. The first kappa shape index (κ1) is 21.9. The zero-order valence-corrected chi connectivity index (χ0v) is 17.8. The second kappa shape index (κ2) is 9.82. The normalized spacial score (nSPS) is 28.4. The molecule has 2 saturated carbocycles. The van der Waals surface area contributed by atoms with Crippen molar-refractivity contribution in [1.82, 2.24) is 15.5 Å². The van der Waals surface area contributed by atoms with Gasteiger partial charge < -0.3 is 22.1 Å². The molecule has 0 saturated heterocycles. The molecule has 1 aliphatic heterocycles. The number of carbonyl (C=O) groups is 2. The minimum absolute atomic E-state index is 0.0127. The minimum atomic E-state index is -0.146. The Kier molecular flexibility index (Phi) is 7.18. The summed E-state index contributed by atoms with van der Waals surface area (Å²) in [5.41, 5.74) is 12.8. The molecule has 0 aromatic heterocycles. The lowest BCUT2D eigenvalue weighted by atomic mass is 9.91. The Morgan fingerprint density at radius 2 is 1.73 bits per heavy atom. The molecule has 0 aromatic carbocycles. The van der Waals surface area contributed by atoms with Crippen LogP contribution in [0.4, 0.5) is 0 Å². The number of rotatable bonds is 5. The van der Waals surface area contributed by atoms with Crippen molar-refractivity contribution < 1.29 is 9.59 Å². The van der Waals surface area contributed by atoms with Gasteiger partial charge in [-0.3, -0.25) is 14.5 Å². The first-order chi connectivity index (χ1) is 14.4. The lowest BCUT2D eigenvalue weighted by Crippen LogP contribution is -2.49. The van der Waals surface area contributed by atoms with Gasteiger partial charge in [-0.15, -0.1) is 0 Å². The van der Waals surface area contributed by atoms with Crippen molar-refractivity contribution in [2.45, 2.75) is 82.8 Å². The number of nitrogens with one attached hydrogen (secondary N) is 2. The van der Waals surface area contributed by atoms with Gasteiger partial charge in [0.05, 0.1) is 5.57 Å². The third-order valence-corrected chi connectivity index (χ3v) is 6.15. The highest BCUT2D eigenvalue weighted by molar-refractivity contribution is 6.17. The summed E-state index contributed by atoms with van der Waals surface area (Å²) >= 11 is 0. The van der Waals surface area contributed by atoms with Crippen molar-refractivity contribution in [3.8, 4) is 0 Å². The molecule has 0 spiro atoms. The third kappa shape index (κ3) is 5.23. The van der Waals surface area contributed by atoms with Crippen LogP contribution in [0.5, 0.6) is 0 Å². The summed E-state index contributed by atoms with van der Waals surface area (Å²) in [5.74, 6) is 0.848. The van der Waals surface area contributed by atoms with Gasteiger partial charge in [-0.05, 0) is 38.5 Å². The van der Waals surface area contributed by atoms with Crippen molar-refractivity contribution in [2.24, 2.45) is 16.5 Å². The van der Waals surface area contributed by atoms with Crippen LogP contribution >= 0.6 is 0 Å². The van der Waals surface area contributed by atoms with Gasteiger partial charge >= 0.3 is 0 Å². The molecule has 2 amide bonds. The van der Waals surface area contributed by atoms with E-state index in [1.165, 1.54) is 18.7 Å². The lowest BCUT2D eigenvalue weighted by molar-refractivity contribution is -0.124. The highest BCUT2D eigenvalue weighted by Gasteiger charge is 2.34. The quantitative estimate of drug-likeness (QED) is 0.545. The molecule has 164 valence electrons. The largest absolute Gasteiger partial charge is 0.404 e. The van der Waals surface area contributed by atoms with Crippen LogP contribution in [-0.2, 0) is 9.59 Å². The summed E-state index contributed by atoms with van der Waals surface area (Å²) in [6.07, 6.45) is 11.8. The van der Waals surface area contributed by atoms with E-state index in [4.69, 9.17) is 11.5 Å². The van der Waals surface area contributed by atoms with Crippen LogP contribution < -0.4 is 22.1 Å². The molecule has 1 heterocycles. The van der Waals surface area contributed by atoms with E-state index in [0.717, 1.165) is 51.4 Å². The number of amides is 2. The predicted octanol–water partition coefficient (Wildman–Crippen LogP) is 1.75. The molecule has 3 rings (SSSR count). The summed E-state index contributed by atoms with van der Waals surface area (Å²) in [6.45, 7) is 5.62. The highest BCUT2D eigenvalue weighted by atomic mass is 16.2. The van der Waals surface area contributed by atoms with E-state index in [1.807, 2.05) is 0 Å². The van der Waals surface area contributed by atoms with Gasteiger partial charge in [0.25, 0.3) is 5.91 Å². The predicted molar refractivity (Wildman–Crippen MR) is 118 cm³/mol. The van der Waals surface area contributed by atoms with Crippen molar-refractivity contribution >= 4 is 17.6 Å². The molecule has 2 fully saturated rings. The molecule has 6 N–H and O–H groups in total. The third-order valence-electron chi connectivity index (χ3n) is 6.15. The Hall–Kier alpha value is -2.77. The summed E-state index contributed by atoms with van der Waals surface area (Å²) in [4.78, 5) is 30.5. The molecule has 0 atom stereocenters. The molecule has 8 heteroatoms. The highest BCUT2D eigenvalue weighted by Crippen LogP contribution is 2.28. The molecule has 3 aliphatic rings. The van der Waals surface area contributed by atoms with Crippen molar-refractivity contribution in [1.29, 1.82) is 0 Å². The van der Waals surface area contributed by atoms with Crippen molar-refractivity contribution in [2.75, 3.05) is 0 Å². The monoisotopic (exact) mass is 414 g/mol. The number of nitrogens with two attached hydrogens (primary N) is 2. The Balaban J connectivity index is 1.72. The molecule has 2 aliphatic carbocycles. The van der Waals surface area contributed by atoms with Crippen LogP contribution in [0.25, 0.3) is 0 Å². The Morgan fingerprint density at radius 3 is 2.30 bits per heavy atom. The molecular formula is C22H34N6O2. The number of nitrogens with zero attached hydrogens (tertiary/aromatic N) is 2. The van der Waals surface area contributed by atoms with Crippen LogP contribution in [0, 0.1) is 0 Å². The topological polar surface area (TPSA) is 126 Å². The Morgan fingerprint density at radius 1 is 1.13 bits per heavy atom. The van der Waals surface area contributed by atoms with Gasteiger partial charge in [0.15, 0.2) is 0 Å². The van der Waals surface area contributed by atoms with Gasteiger partial charge in [0.1, 0.15) is 11.7 Å². The average Bonchev–Trinajstić information content (AvgIpc) is 2.70. The van der Waals surface area contributed by atoms with E-state index < -0.39 is 0 Å². The maximum absolute atomic E-state index is 12.8. The molecular weight excluding hydrogens is 380 g/mol. The molecule has 30 heavy (non-hydrogen) atoms. The number of amidine groups is 1. The number of carbonyl (C=O) groups excluding carboxylic acids is 2. The fourth-order valence-electron chi connectivity index (χ4n) is 4.69. The van der Waals surface area contributed by atoms with Crippen LogP contribution in [0.15, 0.2) is 40.9 Å². The fourth-order valence-corrected chi connectivity index (χ4v) is 4.69. The van der Waals surface area contributed by atoms with Crippen molar-refractivity contribution in [3.05, 3.63) is 35.9 Å². The van der Waals surface area contributed by atoms with Gasteiger partial charge in [-0.2, -0.15) is 0 Å². The van der Waals surface area contributed by atoms with E-state index in [-0.39, 0.29) is 29.9 Å². The summed E-state index contributed by atoms with van der Waals surface area (Å²) in [7, 11) is 0. The number of hydrogen-bond donors (Lipinski definition) is 4.